The van der Waals surface area contributed by atoms with Gasteiger partial charge in [0.15, 0.2) is 0 Å². The third kappa shape index (κ3) is 4.71. The van der Waals surface area contributed by atoms with Gasteiger partial charge in [0, 0.05) is 11.1 Å². The molecule has 0 atom stereocenters. The number of hydrogen-bond acceptors (Lipinski definition) is 2. The zero-order valence-electron chi connectivity index (χ0n) is 15.3. The summed E-state index contributed by atoms with van der Waals surface area (Å²) in [4.78, 5) is 25.1. The van der Waals surface area contributed by atoms with Crippen LogP contribution in [0, 0.1) is 13.8 Å². The number of anilines is 2. The van der Waals surface area contributed by atoms with Gasteiger partial charge in [0.1, 0.15) is 0 Å². The van der Waals surface area contributed by atoms with Crippen LogP contribution in [0.15, 0.2) is 60.7 Å². The first-order valence-corrected chi connectivity index (χ1v) is 9.34. The number of carbonyl (C=O) groups excluding carboxylic acids is 2. The summed E-state index contributed by atoms with van der Waals surface area (Å²) in [6.45, 7) is 3.89. The number of benzene rings is 3. The third-order valence-electron chi connectivity index (χ3n) is 4.18. The largest absolute Gasteiger partial charge is 0.320 e. The lowest BCUT2D eigenvalue weighted by atomic mass is 10.1. The van der Waals surface area contributed by atoms with E-state index >= 15 is 0 Å². The van der Waals surface area contributed by atoms with Crippen molar-refractivity contribution < 1.29 is 9.59 Å². The van der Waals surface area contributed by atoms with E-state index in [2.05, 4.69) is 10.6 Å². The van der Waals surface area contributed by atoms with E-state index in [-0.39, 0.29) is 21.9 Å². The highest BCUT2D eigenvalue weighted by atomic mass is 35.5. The fourth-order valence-electron chi connectivity index (χ4n) is 2.55. The SMILES string of the molecule is Cc1ccc(C(=O)Nc2cc(Cl)c(Cl)cc2NC(=O)c2ccc(C)cc2)cc1. The number of nitrogens with one attached hydrogen (secondary N) is 2. The predicted octanol–water partition coefficient (Wildman–Crippen LogP) is 6.11. The van der Waals surface area contributed by atoms with Crippen LogP contribution in [0.2, 0.25) is 10.0 Å². The van der Waals surface area contributed by atoms with Crippen molar-refractivity contribution >= 4 is 46.4 Å². The van der Waals surface area contributed by atoms with Crippen LogP contribution in [0.25, 0.3) is 0 Å². The molecule has 28 heavy (non-hydrogen) atoms. The Hall–Kier alpha value is -2.82. The van der Waals surface area contributed by atoms with Crippen molar-refractivity contribution in [3.8, 4) is 0 Å². The van der Waals surface area contributed by atoms with E-state index in [9.17, 15) is 9.59 Å². The van der Waals surface area contributed by atoms with E-state index in [4.69, 9.17) is 23.2 Å². The number of halogens is 2. The molecule has 0 unspecified atom stereocenters. The van der Waals surface area contributed by atoms with Crippen LogP contribution in [-0.4, -0.2) is 11.8 Å². The number of aryl methyl sites for hydroxylation is 2. The predicted molar refractivity (Wildman–Crippen MR) is 115 cm³/mol. The average Bonchev–Trinajstić information content (AvgIpc) is 2.66. The summed E-state index contributed by atoms with van der Waals surface area (Å²) in [5.74, 6) is -0.631. The molecule has 0 radical (unpaired) electrons. The molecule has 2 N–H and O–H groups in total. The van der Waals surface area contributed by atoms with Crippen LogP contribution in [0.4, 0.5) is 11.4 Å². The monoisotopic (exact) mass is 412 g/mol. The van der Waals surface area contributed by atoms with Crippen LogP contribution in [-0.2, 0) is 0 Å². The molecule has 0 fully saturated rings. The minimum absolute atomic E-state index is 0.272. The van der Waals surface area contributed by atoms with Crippen LogP contribution >= 0.6 is 23.2 Å². The molecule has 142 valence electrons. The van der Waals surface area contributed by atoms with Gasteiger partial charge in [0.2, 0.25) is 0 Å². The highest BCUT2D eigenvalue weighted by Crippen LogP contribution is 2.33. The van der Waals surface area contributed by atoms with Gasteiger partial charge < -0.3 is 10.6 Å². The molecule has 0 aromatic heterocycles. The summed E-state index contributed by atoms with van der Waals surface area (Å²) in [6.07, 6.45) is 0. The molecule has 0 aliphatic carbocycles. The van der Waals surface area contributed by atoms with Gasteiger partial charge in [-0.2, -0.15) is 0 Å². The fraction of sp³-hybridized carbons (Fsp3) is 0.0909. The van der Waals surface area contributed by atoms with Gasteiger partial charge in [0.05, 0.1) is 21.4 Å². The second kappa shape index (κ2) is 8.46. The van der Waals surface area contributed by atoms with E-state index in [1.807, 2.05) is 38.1 Å². The maximum atomic E-state index is 12.6. The van der Waals surface area contributed by atoms with Crippen molar-refractivity contribution in [2.75, 3.05) is 10.6 Å². The van der Waals surface area contributed by atoms with E-state index < -0.39 is 0 Å². The highest BCUT2D eigenvalue weighted by molar-refractivity contribution is 6.42. The molecule has 0 bridgehead atoms. The number of rotatable bonds is 4. The van der Waals surface area contributed by atoms with Crippen molar-refractivity contribution in [2.45, 2.75) is 13.8 Å². The van der Waals surface area contributed by atoms with E-state index in [0.29, 0.717) is 22.5 Å². The maximum Gasteiger partial charge on any atom is 0.255 e. The molecule has 0 saturated carbocycles. The smallest absolute Gasteiger partial charge is 0.255 e. The Morgan fingerprint density at radius 2 is 0.964 bits per heavy atom. The van der Waals surface area contributed by atoms with Crippen LogP contribution < -0.4 is 10.6 Å². The first-order valence-electron chi connectivity index (χ1n) is 8.58. The minimum atomic E-state index is -0.316. The van der Waals surface area contributed by atoms with Crippen LogP contribution in [0.1, 0.15) is 31.8 Å². The maximum absolute atomic E-state index is 12.6. The minimum Gasteiger partial charge on any atom is -0.320 e. The first kappa shape index (κ1) is 19.9. The summed E-state index contributed by atoms with van der Waals surface area (Å²) < 4.78 is 0. The summed E-state index contributed by atoms with van der Waals surface area (Å²) in [5, 5.41) is 6.11. The lowest BCUT2D eigenvalue weighted by molar-refractivity contribution is 0.101. The Morgan fingerprint density at radius 3 is 1.29 bits per heavy atom. The molecular weight excluding hydrogens is 395 g/mol. The van der Waals surface area contributed by atoms with Gasteiger partial charge in [-0.3, -0.25) is 9.59 Å². The van der Waals surface area contributed by atoms with E-state index in [0.717, 1.165) is 11.1 Å². The molecule has 2 amide bonds. The molecule has 0 heterocycles. The van der Waals surface area contributed by atoms with Gasteiger partial charge in [-0.1, -0.05) is 58.6 Å². The lowest BCUT2D eigenvalue weighted by Crippen LogP contribution is -2.17. The molecule has 0 aliphatic rings. The first-order chi connectivity index (χ1) is 13.3. The zero-order valence-corrected chi connectivity index (χ0v) is 16.9. The fourth-order valence-corrected chi connectivity index (χ4v) is 2.88. The number of amides is 2. The Kier molecular flexibility index (Phi) is 6.02. The molecule has 4 nitrogen and oxygen atoms in total. The summed E-state index contributed by atoms with van der Waals surface area (Å²) in [7, 11) is 0. The van der Waals surface area contributed by atoms with Gasteiger partial charge in [-0.15, -0.1) is 0 Å². The van der Waals surface area contributed by atoms with Crippen molar-refractivity contribution in [1.82, 2.24) is 0 Å². The van der Waals surface area contributed by atoms with Crippen LogP contribution in [0.5, 0.6) is 0 Å². The number of hydrogen-bond donors (Lipinski definition) is 2. The topological polar surface area (TPSA) is 58.2 Å². The summed E-state index contributed by atoms with van der Waals surface area (Å²) in [5.41, 5.74) is 3.81. The number of carbonyl (C=O) groups is 2. The zero-order chi connectivity index (χ0) is 20.3. The molecule has 0 aliphatic heterocycles. The van der Waals surface area contributed by atoms with Crippen molar-refractivity contribution in [2.24, 2.45) is 0 Å². The van der Waals surface area contributed by atoms with Gasteiger partial charge in [-0.05, 0) is 50.2 Å². The van der Waals surface area contributed by atoms with Crippen LogP contribution in [0.3, 0.4) is 0 Å². The van der Waals surface area contributed by atoms with Crippen molar-refractivity contribution in [3.63, 3.8) is 0 Å². The Balaban J connectivity index is 1.87. The average molecular weight is 413 g/mol. The highest BCUT2D eigenvalue weighted by Gasteiger charge is 2.15. The normalized spacial score (nSPS) is 10.4. The van der Waals surface area contributed by atoms with Crippen molar-refractivity contribution in [3.05, 3.63) is 93.0 Å². The van der Waals surface area contributed by atoms with E-state index in [1.165, 1.54) is 12.1 Å². The Bertz CT molecular complexity index is 945. The second-order valence-corrected chi connectivity index (χ2v) is 7.27. The standard InChI is InChI=1S/C22H18Cl2N2O2/c1-13-3-7-15(8-4-13)21(27)25-19-11-17(23)18(24)12-20(19)26-22(28)16-9-5-14(2)6-10-16/h3-12H,1-2H3,(H,25,27)(H,26,28). The molecule has 3 aromatic carbocycles. The molecule has 0 spiro atoms. The van der Waals surface area contributed by atoms with Gasteiger partial charge in [-0.25, -0.2) is 0 Å². The summed E-state index contributed by atoms with van der Waals surface area (Å²) >= 11 is 12.2. The molecule has 0 saturated heterocycles. The quantitative estimate of drug-likeness (QED) is 0.542. The lowest BCUT2D eigenvalue weighted by Gasteiger charge is -2.14. The van der Waals surface area contributed by atoms with Gasteiger partial charge in [0.25, 0.3) is 11.8 Å². The molecule has 3 rings (SSSR count). The Morgan fingerprint density at radius 1 is 0.643 bits per heavy atom. The van der Waals surface area contributed by atoms with Crippen molar-refractivity contribution in [1.29, 1.82) is 0 Å². The second-order valence-electron chi connectivity index (χ2n) is 6.45. The third-order valence-corrected chi connectivity index (χ3v) is 4.91. The Labute approximate surface area is 173 Å². The molecular formula is C22H18Cl2N2O2. The molecule has 3 aromatic rings. The molecule has 6 heteroatoms. The summed E-state index contributed by atoms with van der Waals surface area (Å²) in [6, 6.07) is 17.3. The van der Waals surface area contributed by atoms with E-state index in [1.54, 1.807) is 24.3 Å². The van der Waals surface area contributed by atoms with Gasteiger partial charge >= 0.3 is 0 Å².